The number of hydrogen-bond donors (Lipinski definition) is 3. The van der Waals surface area contributed by atoms with E-state index in [2.05, 4.69) is 24.5 Å². The maximum Gasteiger partial charge on any atom is 0.312 e. The average molecular weight is 418 g/mol. The summed E-state index contributed by atoms with van der Waals surface area (Å²) in [5.74, 6) is 1.48. The minimum Gasteiger partial charge on any atom is -0.457 e. The second-order valence-electron chi connectivity index (χ2n) is 7.58. The third-order valence-corrected chi connectivity index (χ3v) is 4.81. The standard InChI is InChI=1S/C25H27N3O3/c1-17(2)18-11-13-20(14-12-18)27-24(29)16-23(28-25(26)30)19-7-6-10-22(15-19)31-21-8-4-3-5-9-21/h3-15,17,23H,16H2,1-2H3,(H,27,29)(H3,26,28,30)/t23-/m1/s1. The lowest BCUT2D eigenvalue weighted by molar-refractivity contribution is -0.116. The number of amides is 3. The summed E-state index contributed by atoms with van der Waals surface area (Å²) in [6.45, 7) is 4.23. The Labute approximate surface area is 182 Å². The molecule has 3 rings (SSSR count). The first-order chi connectivity index (χ1) is 14.9. The minimum atomic E-state index is -0.700. The van der Waals surface area contributed by atoms with Gasteiger partial charge in [-0.3, -0.25) is 4.79 Å². The molecule has 0 aliphatic carbocycles. The van der Waals surface area contributed by atoms with Gasteiger partial charge in [0.1, 0.15) is 11.5 Å². The van der Waals surface area contributed by atoms with Crippen molar-refractivity contribution >= 4 is 17.6 Å². The van der Waals surface area contributed by atoms with E-state index in [4.69, 9.17) is 10.5 Å². The molecule has 6 heteroatoms. The van der Waals surface area contributed by atoms with Gasteiger partial charge in [-0.2, -0.15) is 0 Å². The molecular formula is C25H27N3O3. The number of primary amides is 1. The Morgan fingerprint density at radius 2 is 1.55 bits per heavy atom. The number of carbonyl (C=O) groups is 2. The van der Waals surface area contributed by atoms with Crippen LogP contribution in [0.15, 0.2) is 78.9 Å². The van der Waals surface area contributed by atoms with Gasteiger partial charge in [0.2, 0.25) is 5.91 Å². The molecule has 0 aliphatic heterocycles. The van der Waals surface area contributed by atoms with Crippen LogP contribution in [-0.4, -0.2) is 11.9 Å². The fraction of sp³-hybridized carbons (Fsp3) is 0.200. The molecule has 160 valence electrons. The summed E-state index contributed by atoms with van der Waals surface area (Å²) < 4.78 is 5.86. The maximum atomic E-state index is 12.6. The van der Waals surface area contributed by atoms with E-state index in [0.717, 1.165) is 5.56 Å². The molecule has 0 fully saturated rings. The Morgan fingerprint density at radius 3 is 2.19 bits per heavy atom. The molecule has 0 bridgehead atoms. The number of benzene rings is 3. The maximum absolute atomic E-state index is 12.6. The predicted molar refractivity (Wildman–Crippen MR) is 122 cm³/mol. The van der Waals surface area contributed by atoms with Gasteiger partial charge in [0, 0.05) is 5.69 Å². The molecule has 3 aromatic rings. The molecule has 0 aromatic heterocycles. The van der Waals surface area contributed by atoms with Crippen molar-refractivity contribution in [3.63, 3.8) is 0 Å². The van der Waals surface area contributed by atoms with E-state index in [1.54, 1.807) is 6.07 Å². The molecule has 3 aromatic carbocycles. The zero-order valence-corrected chi connectivity index (χ0v) is 17.7. The Hall–Kier alpha value is -3.80. The van der Waals surface area contributed by atoms with Crippen LogP contribution in [0.2, 0.25) is 0 Å². The molecule has 1 atom stereocenters. The quantitative estimate of drug-likeness (QED) is 0.462. The lowest BCUT2D eigenvalue weighted by Gasteiger charge is -2.19. The van der Waals surface area contributed by atoms with Crippen LogP contribution in [0.5, 0.6) is 11.5 Å². The second-order valence-corrected chi connectivity index (χ2v) is 7.58. The van der Waals surface area contributed by atoms with Gasteiger partial charge in [0.25, 0.3) is 0 Å². The molecule has 6 nitrogen and oxygen atoms in total. The lowest BCUT2D eigenvalue weighted by atomic mass is 10.0. The fourth-order valence-electron chi connectivity index (χ4n) is 3.19. The van der Waals surface area contributed by atoms with Crippen molar-refractivity contribution in [2.45, 2.75) is 32.2 Å². The van der Waals surface area contributed by atoms with E-state index in [1.807, 2.05) is 72.8 Å². The lowest BCUT2D eigenvalue weighted by Crippen LogP contribution is -2.35. The molecule has 3 amide bonds. The van der Waals surface area contributed by atoms with E-state index < -0.39 is 12.1 Å². The zero-order chi connectivity index (χ0) is 22.2. The van der Waals surface area contributed by atoms with Crippen molar-refractivity contribution in [1.29, 1.82) is 0 Å². The van der Waals surface area contributed by atoms with Crippen molar-refractivity contribution < 1.29 is 14.3 Å². The summed E-state index contributed by atoms with van der Waals surface area (Å²) in [5, 5.41) is 5.52. The molecule has 0 radical (unpaired) electrons. The molecule has 4 N–H and O–H groups in total. The van der Waals surface area contributed by atoms with Crippen LogP contribution in [0.4, 0.5) is 10.5 Å². The van der Waals surface area contributed by atoms with Crippen LogP contribution in [0.3, 0.4) is 0 Å². The fourth-order valence-corrected chi connectivity index (χ4v) is 3.19. The van der Waals surface area contributed by atoms with Crippen molar-refractivity contribution in [1.82, 2.24) is 5.32 Å². The van der Waals surface area contributed by atoms with Gasteiger partial charge >= 0.3 is 6.03 Å². The Kier molecular flexibility index (Phi) is 7.27. The normalized spacial score (nSPS) is 11.6. The number of carbonyl (C=O) groups excluding carboxylic acids is 2. The third-order valence-electron chi connectivity index (χ3n) is 4.81. The van der Waals surface area contributed by atoms with E-state index in [9.17, 15) is 9.59 Å². The van der Waals surface area contributed by atoms with Gasteiger partial charge < -0.3 is 21.1 Å². The predicted octanol–water partition coefficient (Wildman–Crippen LogP) is 5.34. The summed E-state index contributed by atoms with van der Waals surface area (Å²) in [6, 6.07) is 23.0. The number of anilines is 1. The van der Waals surface area contributed by atoms with Crippen LogP contribution in [-0.2, 0) is 4.79 Å². The monoisotopic (exact) mass is 417 g/mol. The molecule has 0 saturated heterocycles. The van der Waals surface area contributed by atoms with Crippen LogP contribution in [0, 0.1) is 0 Å². The average Bonchev–Trinajstić information content (AvgIpc) is 2.74. The van der Waals surface area contributed by atoms with E-state index in [1.165, 1.54) is 5.56 Å². The summed E-state index contributed by atoms with van der Waals surface area (Å²) in [5.41, 5.74) is 7.97. The van der Waals surface area contributed by atoms with Crippen molar-refractivity contribution in [2.75, 3.05) is 5.32 Å². The van der Waals surface area contributed by atoms with Crippen molar-refractivity contribution in [2.24, 2.45) is 5.73 Å². The van der Waals surface area contributed by atoms with Crippen LogP contribution in [0.1, 0.15) is 43.4 Å². The minimum absolute atomic E-state index is 0.0314. The molecule has 0 unspecified atom stereocenters. The Morgan fingerprint density at radius 1 is 0.871 bits per heavy atom. The number of urea groups is 1. The second kappa shape index (κ2) is 10.3. The summed E-state index contributed by atoms with van der Waals surface area (Å²) in [4.78, 5) is 24.2. The molecular weight excluding hydrogens is 390 g/mol. The molecule has 31 heavy (non-hydrogen) atoms. The first kappa shape index (κ1) is 21.9. The highest BCUT2D eigenvalue weighted by Crippen LogP contribution is 2.26. The van der Waals surface area contributed by atoms with Crippen molar-refractivity contribution in [3.8, 4) is 11.5 Å². The highest BCUT2D eigenvalue weighted by molar-refractivity contribution is 5.91. The van der Waals surface area contributed by atoms with Crippen molar-refractivity contribution in [3.05, 3.63) is 90.0 Å². The molecule has 0 saturated carbocycles. The zero-order valence-electron chi connectivity index (χ0n) is 17.7. The topological polar surface area (TPSA) is 93.5 Å². The highest BCUT2D eigenvalue weighted by Gasteiger charge is 2.18. The molecule has 0 aliphatic rings. The van der Waals surface area contributed by atoms with E-state index in [0.29, 0.717) is 23.1 Å². The smallest absolute Gasteiger partial charge is 0.312 e. The van der Waals surface area contributed by atoms with Gasteiger partial charge in [-0.05, 0) is 53.4 Å². The van der Waals surface area contributed by atoms with Crippen LogP contribution in [0.25, 0.3) is 0 Å². The number of hydrogen-bond acceptors (Lipinski definition) is 3. The van der Waals surface area contributed by atoms with Gasteiger partial charge in [-0.1, -0.05) is 56.3 Å². The van der Waals surface area contributed by atoms with E-state index in [-0.39, 0.29) is 12.3 Å². The summed E-state index contributed by atoms with van der Waals surface area (Å²) in [7, 11) is 0. The summed E-state index contributed by atoms with van der Waals surface area (Å²) >= 11 is 0. The highest BCUT2D eigenvalue weighted by atomic mass is 16.5. The van der Waals surface area contributed by atoms with Gasteiger partial charge in [0.15, 0.2) is 0 Å². The van der Waals surface area contributed by atoms with Crippen LogP contribution >= 0.6 is 0 Å². The Bertz CT molecular complexity index is 1020. The number of rotatable bonds is 8. The number of ether oxygens (including phenoxy) is 1. The first-order valence-electron chi connectivity index (χ1n) is 10.2. The van der Waals surface area contributed by atoms with Gasteiger partial charge in [-0.25, -0.2) is 4.79 Å². The molecule has 0 heterocycles. The largest absolute Gasteiger partial charge is 0.457 e. The van der Waals surface area contributed by atoms with Gasteiger partial charge in [-0.15, -0.1) is 0 Å². The van der Waals surface area contributed by atoms with E-state index >= 15 is 0 Å². The summed E-state index contributed by atoms with van der Waals surface area (Å²) in [6.07, 6.45) is 0.0314. The van der Waals surface area contributed by atoms with Gasteiger partial charge in [0.05, 0.1) is 12.5 Å². The third kappa shape index (κ3) is 6.60. The molecule has 0 spiro atoms. The first-order valence-corrected chi connectivity index (χ1v) is 10.2. The van der Waals surface area contributed by atoms with Crippen LogP contribution < -0.4 is 21.1 Å². The Balaban J connectivity index is 1.71. The number of para-hydroxylation sites is 1. The number of nitrogens with two attached hydrogens (primary N) is 1. The number of nitrogens with one attached hydrogen (secondary N) is 2. The SMILES string of the molecule is CC(C)c1ccc(NC(=O)C[C@@H](NC(N)=O)c2cccc(Oc3ccccc3)c2)cc1.